The van der Waals surface area contributed by atoms with Gasteiger partial charge < -0.3 is 10.1 Å². The maximum Gasteiger partial charge on any atom is 0.435 e. The van der Waals surface area contributed by atoms with Crippen LogP contribution in [0.15, 0.2) is 24.3 Å². The number of nitrogens with zero attached hydrogens (tertiary/aromatic N) is 2. The highest BCUT2D eigenvalue weighted by atomic mass is 32.1. The van der Waals surface area contributed by atoms with Crippen molar-refractivity contribution in [3.8, 4) is 5.69 Å². The molecule has 184 valence electrons. The van der Waals surface area contributed by atoms with Gasteiger partial charge in [-0.1, -0.05) is 0 Å². The first-order valence-electron chi connectivity index (χ1n) is 11.7. The lowest BCUT2D eigenvalue weighted by Crippen LogP contribution is -2.15. The molecule has 1 N–H and O–H groups in total. The summed E-state index contributed by atoms with van der Waals surface area (Å²) in [5.74, 6) is -0.845. The van der Waals surface area contributed by atoms with Crippen LogP contribution in [0.4, 0.5) is 18.2 Å². The number of aromatic nitrogens is 2. The summed E-state index contributed by atoms with van der Waals surface area (Å²) in [6, 6.07) is 6.30. The summed E-state index contributed by atoms with van der Waals surface area (Å²) in [5, 5.41) is 7.20. The fraction of sp³-hybridized carbons (Fsp3) is 0.400. The largest absolute Gasteiger partial charge is 0.462 e. The highest BCUT2D eigenvalue weighted by Gasteiger charge is 2.39. The lowest BCUT2D eigenvalue weighted by Gasteiger charge is -2.15. The number of carbonyl (C=O) groups is 2. The first-order chi connectivity index (χ1) is 16.8. The van der Waals surface area contributed by atoms with Gasteiger partial charge >= 0.3 is 12.1 Å². The minimum atomic E-state index is -4.51. The van der Waals surface area contributed by atoms with E-state index >= 15 is 0 Å². The van der Waals surface area contributed by atoms with Crippen LogP contribution in [0.25, 0.3) is 5.69 Å². The number of anilines is 1. The molecule has 0 radical (unpaired) electrons. The second-order valence-electron chi connectivity index (χ2n) is 8.67. The predicted octanol–water partition coefficient (Wildman–Crippen LogP) is 5.75. The van der Waals surface area contributed by atoms with E-state index in [4.69, 9.17) is 4.74 Å². The van der Waals surface area contributed by atoms with Crippen molar-refractivity contribution in [2.45, 2.75) is 58.0 Å². The second-order valence-corrected chi connectivity index (χ2v) is 9.78. The van der Waals surface area contributed by atoms with Gasteiger partial charge in [0.25, 0.3) is 5.91 Å². The third-order valence-corrected chi connectivity index (χ3v) is 7.66. The highest BCUT2D eigenvalue weighted by molar-refractivity contribution is 7.17. The summed E-state index contributed by atoms with van der Waals surface area (Å²) >= 11 is 1.39. The molecule has 0 fully saturated rings. The van der Waals surface area contributed by atoms with Crippen molar-refractivity contribution in [3.63, 3.8) is 0 Å². The molecule has 0 spiro atoms. The fourth-order valence-corrected chi connectivity index (χ4v) is 6.15. The van der Waals surface area contributed by atoms with Gasteiger partial charge in [-0.3, -0.25) is 4.79 Å². The van der Waals surface area contributed by atoms with E-state index in [-0.39, 0.29) is 12.2 Å². The van der Waals surface area contributed by atoms with E-state index in [2.05, 4.69) is 10.4 Å². The maximum atomic E-state index is 13.5. The highest BCUT2D eigenvalue weighted by Crippen LogP contribution is 2.40. The molecule has 0 bridgehead atoms. The molecule has 2 heterocycles. The van der Waals surface area contributed by atoms with Crippen molar-refractivity contribution in [3.05, 3.63) is 62.8 Å². The van der Waals surface area contributed by atoms with Gasteiger partial charge in [0.15, 0.2) is 5.69 Å². The first-order valence-corrected chi connectivity index (χ1v) is 12.5. The molecule has 0 atom stereocenters. The van der Waals surface area contributed by atoms with Gasteiger partial charge in [-0.2, -0.15) is 18.3 Å². The second kappa shape index (κ2) is 9.14. The number of carbonyl (C=O) groups excluding carboxylic acids is 2. The topological polar surface area (TPSA) is 73.2 Å². The molecule has 10 heteroatoms. The van der Waals surface area contributed by atoms with Crippen molar-refractivity contribution in [1.82, 2.24) is 9.78 Å². The number of aryl methyl sites for hydroxylation is 1. The van der Waals surface area contributed by atoms with E-state index in [0.717, 1.165) is 36.1 Å². The number of hydrogen-bond donors (Lipinski definition) is 1. The molecule has 2 aliphatic rings. The van der Waals surface area contributed by atoms with E-state index in [1.54, 1.807) is 31.2 Å². The number of rotatable bonds is 5. The van der Waals surface area contributed by atoms with Crippen LogP contribution in [-0.4, -0.2) is 28.3 Å². The SMILES string of the molecule is CCOC(=O)c1c(NC(=O)c2ccc(-n3nc(C(F)(F)F)c4c3CCCC4)cc2)sc2c1CCC2. The third kappa shape index (κ3) is 4.35. The molecule has 35 heavy (non-hydrogen) atoms. The number of nitrogens with one attached hydrogen (secondary N) is 1. The molecule has 1 aromatic carbocycles. The monoisotopic (exact) mass is 503 g/mol. The van der Waals surface area contributed by atoms with Crippen LogP contribution in [0.3, 0.4) is 0 Å². The van der Waals surface area contributed by atoms with Crippen LogP contribution < -0.4 is 5.32 Å². The molecule has 6 nitrogen and oxygen atoms in total. The first kappa shape index (κ1) is 23.6. The number of esters is 1. The van der Waals surface area contributed by atoms with Crippen molar-refractivity contribution < 1.29 is 27.5 Å². The standard InChI is InChI=1S/C25H24F3N3O3S/c1-2-34-24(33)20-17-7-5-9-19(17)35-23(20)29-22(32)14-10-12-15(13-11-14)31-18-8-4-3-6-16(18)21(30-31)25(26,27)28/h10-13H,2-9H2,1H3,(H,29,32). The molecular weight excluding hydrogens is 479 g/mol. The number of thiophene rings is 1. The minimum absolute atomic E-state index is 0.242. The Hall–Kier alpha value is -3.14. The summed E-state index contributed by atoms with van der Waals surface area (Å²) in [7, 11) is 0. The quantitative estimate of drug-likeness (QED) is 0.450. The van der Waals surface area contributed by atoms with Crippen LogP contribution in [0, 0.1) is 0 Å². The van der Waals surface area contributed by atoms with Gasteiger partial charge in [-0.25, -0.2) is 9.48 Å². The Morgan fingerprint density at radius 1 is 1.06 bits per heavy atom. The van der Waals surface area contributed by atoms with Gasteiger partial charge in [0.1, 0.15) is 5.00 Å². The molecule has 1 amide bonds. The molecule has 2 aromatic heterocycles. The zero-order valence-electron chi connectivity index (χ0n) is 19.1. The Morgan fingerprint density at radius 2 is 1.77 bits per heavy atom. The van der Waals surface area contributed by atoms with E-state index in [9.17, 15) is 22.8 Å². The van der Waals surface area contributed by atoms with Crippen LogP contribution in [-0.2, 0) is 36.6 Å². The van der Waals surface area contributed by atoms with E-state index in [1.807, 2.05) is 0 Å². The van der Waals surface area contributed by atoms with Crippen molar-refractivity contribution >= 4 is 28.2 Å². The maximum absolute atomic E-state index is 13.5. The number of benzene rings is 1. The van der Waals surface area contributed by atoms with E-state index < -0.39 is 23.7 Å². The number of halogens is 3. The molecule has 0 unspecified atom stereocenters. The lowest BCUT2D eigenvalue weighted by atomic mass is 9.95. The number of hydrogen-bond acceptors (Lipinski definition) is 5. The Bertz CT molecular complexity index is 1290. The Kier molecular flexibility index (Phi) is 6.16. The molecule has 5 rings (SSSR count). The molecule has 0 aliphatic heterocycles. The van der Waals surface area contributed by atoms with Crippen LogP contribution >= 0.6 is 11.3 Å². The van der Waals surface area contributed by atoms with Crippen molar-refractivity contribution in [2.75, 3.05) is 11.9 Å². The lowest BCUT2D eigenvalue weighted by molar-refractivity contribution is -0.142. The van der Waals surface area contributed by atoms with Gasteiger partial charge in [0, 0.05) is 21.7 Å². The normalized spacial score (nSPS) is 15.0. The zero-order chi connectivity index (χ0) is 24.7. The molecular formula is C25H24F3N3O3S. The molecule has 0 saturated carbocycles. The smallest absolute Gasteiger partial charge is 0.435 e. The van der Waals surface area contributed by atoms with Crippen molar-refractivity contribution in [1.29, 1.82) is 0 Å². The Balaban J connectivity index is 1.41. The summed E-state index contributed by atoms with van der Waals surface area (Å²) in [4.78, 5) is 26.6. The molecule has 0 saturated heterocycles. The molecule has 3 aromatic rings. The summed E-state index contributed by atoms with van der Waals surface area (Å²) in [6.45, 7) is 1.98. The Morgan fingerprint density at radius 3 is 2.49 bits per heavy atom. The number of amides is 1. The molecule has 2 aliphatic carbocycles. The minimum Gasteiger partial charge on any atom is -0.462 e. The number of alkyl halides is 3. The summed E-state index contributed by atoms with van der Waals surface area (Å²) in [5.41, 5.74) is 2.19. The van der Waals surface area contributed by atoms with Crippen LogP contribution in [0.1, 0.15) is 74.3 Å². The van der Waals surface area contributed by atoms with Crippen molar-refractivity contribution in [2.24, 2.45) is 0 Å². The van der Waals surface area contributed by atoms with E-state index in [0.29, 0.717) is 46.8 Å². The Labute approximate surface area is 204 Å². The van der Waals surface area contributed by atoms with Gasteiger partial charge in [0.2, 0.25) is 0 Å². The average molecular weight is 504 g/mol. The fourth-order valence-electron chi connectivity index (χ4n) is 4.88. The third-order valence-electron chi connectivity index (χ3n) is 6.45. The van der Waals surface area contributed by atoms with Gasteiger partial charge in [-0.15, -0.1) is 11.3 Å². The predicted molar refractivity (Wildman–Crippen MR) is 125 cm³/mol. The zero-order valence-corrected chi connectivity index (χ0v) is 19.9. The van der Waals surface area contributed by atoms with Crippen LogP contribution in [0.5, 0.6) is 0 Å². The van der Waals surface area contributed by atoms with Crippen LogP contribution in [0.2, 0.25) is 0 Å². The van der Waals surface area contributed by atoms with Gasteiger partial charge in [0.05, 0.1) is 17.9 Å². The summed E-state index contributed by atoms with van der Waals surface area (Å²) < 4.78 is 47.1. The average Bonchev–Trinajstić information content (AvgIpc) is 3.51. The summed E-state index contributed by atoms with van der Waals surface area (Å²) in [6.07, 6.45) is 0.508. The number of ether oxygens (including phenoxy) is 1. The van der Waals surface area contributed by atoms with E-state index in [1.165, 1.54) is 16.0 Å². The van der Waals surface area contributed by atoms with Gasteiger partial charge in [-0.05, 0) is 81.7 Å². The number of fused-ring (bicyclic) bond motifs is 2.